The van der Waals surface area contributed by atoms with Crippen molar-refractivity contribution in [3.8, 4) is 5.75 Å². The largest absolute Gasteiger partial charge is 0.495 e. The summed E-state index contributed by atoms with van der Waals surface area (Å²) in [6.07, 6.45) is -0.120. The molecule has 0 aliphatic rings. The summed E-state index contributed by atoms with van der Waals surface area (Å²) in [7, 11) is 1.47. The highest BCUT2D eigenvalue weighted by atomic mass is 35.5. The van der Waals surface area contributed by atoms with Crippen LogP contribution >= 0.6 is 23.2 Å². The average Bonchev–Trinajstić information content (AvgIpc) is 2.69. The van der Waals surface area contributed by atoms with Gasteiger partial charge in [0.25, 0.3) is 0 Å². The van der Waals surface area contributed by atoms with Crippen LogP contribution in [0.25, 0.3) is 0 Å². The van der Waals surface area contributed by atoms with E-state index in [0.717, 1.165) is 5.56 Å². The minimum Gasteiger partial charge on any atom is -0.495 e. The smallest absolute Gasteiger partial charge is 0.329 e. The number of carbonyl (C=O) groups is 3. The Kier molecular flexibility index (Phi) is 8.20. The molecule has 0 aromatic heterocycles. The number of hydrazone groups is 1. The first kappa shape index (κ1) is 23.2. The number of rotatable bonds is 6. The van der Waals surface area contributed by atoms with Crippen molar-refractivity contribution in [1.29, 1.82) is 0 Å². The van der Waals surface area contributed by atoms with Gasteiger partial charge in [0.15, 0.2) is 0 Å². The molecule has 0 radical (unpaired) electrons. The van der Waals surface area contributed by atoms with Crippen LogP contribution in [0.3, 0.4) is 0 Å². The van der Waals surface area contributed by atoms with Gasteiger partial charge in [0.1, 0.15) is 5.75 Å². The second kappa shape index (κ2) is 10.6. The average molecular weight is 451 g/mol. The minimum absolute atomic E-state index is 0.120. The summed E-state index contributed by atoms with van der Waals surface area (Å²) in [6, 6.07) is 9.67. The van der Waals surface area contributed by atoms with Crippen LogP contribution in [0, 0.1) is 6.92 Å². The van der Waals surface area contributed by atoms with Gasteiger partial charge in [-0.2, -0.15) is 5.10 Å². The number of halogens is 2. The minimum atomic E-state index is -0.983. The molecule has 3 amide bonds. The van der Waals surface area contributed by atoms with Crippen molar-refractivity contribution in [1.82, 2.24) is 5.43 Å². The zero-order valence-electron chi connectivity index (χ0n) is 16.5. The zero-order chi connectivity index (χ0) is 22.3. The number of hydrogen-bond acceptors (Lipinski definition) is 5. The van der Waals surface area contributed by atoms with Gasteiger partial charge in [-0.25, -0.2) is 5.43 Å². The molecule has 8 nitrogen and oxygen atoms in total. The summed E-state index contributed by atoms with van der Waals surface area (Å²) >= 11 is 11.9. The fourth-order valence-corrected chi connectivity index (χ4v) is 2.65. The number of methoxy groups -OCH3 is 1. The molecule has 0 aliphatic carbocycles. The number of nitrogens with zero attached hydrogens (tertiary/aromatic N) is 1. The number of aryl methyl sites for hydroxylation is 1. The molecular weight excluding hydrogens is 431 g/mol. The van der Waals surface area contributed by atoms with Gasteiger partial charge in [-0.1, -0.05) is 29.3 Å². The van der Waals surface area contributed by atoms with Gasteiger partial charge in [0.05, 0.1) is 19.2 Å². The van der Waals surface area contributed by atoms with E-state index in [1.54, 1.807) is 30.3 Å². The number of ether oxygens (including phenoxy) is 1. The molecule has 30 heavy (non-hydrogen) atoms. The maximum Gasteiger partial charge on any atom is 0.329 e. The maximum atomic E-state index is 12.2. The molecule has 0 unspecified atom stereocenters. The van der Waals surface area contributed by atoms with Gasteiger partial charge < -0.3 is 15.4 Å². The Morgan fingerprint density at radius 2 is 1.77 bits per heavy atom. The van der Waals surface area contributed by atoms with Crippen molar-refractivity contribution in [2.45, 2.75) is 20.3 Å². The van der Waals surface area contributed by atoms with E-state index >= 15 is 0 Å². The predicted octanol–water partition coefficient (Wildman–Crippen LogP) is 3.77. The fourth-order valence-electron chi connectivity index (χ4n) is 2.30. The Hall–Kier alpha value is -3.10. The third kappa shape index (κ3) is 6.75. The van der Waals surface area contributed by atoms with Crippen LogP contribution in [-0.4, -0.2) is 30.5 Å². The second-order valence-electron chi connectivity index (χ2n) is 6.28. The third-order valence-corrected chi connectivity index (χ3v) is 4.48. The summed E-state index contributed by atoms with van der Waals surface area (Å²) in [5.41, 5.74) is 4.02. The van der Waals surface area contributed by atoms with E-state index in [1.807, 2.05) is 6.92 Å². The summed E-state index contributed by atoms with van der Waals surface area (Å²) in [5.74, 6) is -1.85. The standard InChI is InChI=1S/C20H20Cl2N4O4/c1-11-4-6-14(10-15(11)22)23-19(28)20(29)26-25-12(2)8-18(27)24-16-9-13(21)5-7-17(16)30-3/h4-7,9-10H,8H2,1-3H3,(H,23,28)(H,24,27)(H,26,29)/b25-12+. The van der Waals surface area contributed by atoms with Crippen molar-refractivity contribution in [2.24, 2.45) is 5.10 Å². The maximum absolute atomic E-state index is 12.2. The van der Waals surface area contributed by atoms with Crippen LogP contribution in [-0.2, 0) is 14.4 Å². The van der Waals surface area contributed by atoms with Gasteiger partial charge in [-0.05, 0) is 49.7 Å². The molecular formula is C20H20Cl2N4O4. The summed E-state index contributed by atoms with van der Waals surface area (Å²) < 4.78 is 5.16. The first-order chi connectivity index (χ1) is 14.2. The molecule has 158 valence electrons. The highest BCUT2D eigenvalue weighted by Gasteiger charge is 2.14. The molecule has 2 aromatic carbocycles. The van der Waals surface area contributed by atoms with E-state index in [-0.39, 0.29) is 12.1 Å². The molecule has 0 saturated carbocycles. The van der Waals surface area contributed by atoms with E-state index < -0.39 is 17.7 Å². The quantitative estimate of drug-likeness (QED) is 0.353. The van der Waals surface area contributed by atoms with Crippen LogP contribution in [0.1, 0.15) is 18.9 Å². The first-order valence-corrected chi connectivity index (χ1v) is 9.49. The lowest BCUT2D eigenvalue weighted by atomic mass is 10.2. The molecule has 0 saturated heterocycles. The van der Waals surface area contributed by atoms with Crippen LogP contribution in [0.15, 0.2) is 41.5 Å². The van der Waals surface area contributed by atoms with E-state index in [9.17, 15) is 14.4 Å². The highest BCUT2D eigenvalue weighted by Crippen LogP contribution is 2.27. The van der Waals surface area contributed by atoms with Crippen molar-refractivity contribution in [2.75, 3.05) is 17.7 Å². The van der Waals surface area contributed by atoms with Crippen LogP contribution in [0.2, 0.25) is 10.0 Å². The first-order valence-electron chi connectivity index (χ1n) is 8.73. The topological polar surface area (TPSA) is 109 Å². The zero-order valence-corrected chi connectivity index (χ0v) is 18.0. The van der Waals surface area contributed by atoms with E-state index in [4.69, 9.17) is 27.9 Å². The molecule has 10 heteroatoms. The molecule has 0 fully saturated rings. The van der Waals surface area contributed by atoms with Crippen LogP contribution < -0.4 is 20.8 Å². The van der Waals surface area contributed by atoms with Crippen molar-refractivity contribution >= 4 is 58.0 Å². The van der Waals surface area contributed by atoms with Crippen molar-refractivity contribution in [3.63, 3.8) is 0 Å². The van der Waals surface area contributed by atoms with E-state index in [2.05, 4.69) is 21.2 Å². The molecule has 2 rings (SSSR count). The Bertz CT molecular complexity index is 1010. The Balaban J connectivity index is 1.90. The molecule has 0 atom stereocenters. The lowest BCUT2D eigenvalue weighted by Crippen LogP contribution is -2.33. The molecule has 0 spiro atoms. The monoisotopic (exact) mass is 450 g/mol. The third-order valence-electron chi connectivity index (χ3n) is 3.84. The number of benzene rings is 2. The lowest BCUT2D eigenvalue weighted by Gasteiger charge is -2.10. The molecule has 0 aliphatic heterocycles. The number of anilines is 2. The number of hydrogen-bond donors (Lipinski definition) is 3. The lowest BCUT2D eigenvalue weighted by molar-refractivity contribution is -0.136. The summed E-state index contributed by atoms with van der Waals surface area (Å²) in [5, 5.41) is 9.74. The molecule has 0 heterocycles. The number of amides is 3. The fraction of sp³-hybridized carbons (Fsp3) is 0.200. The number of carbonyl (C=O) groups excluding carboxylic acids is 3. The van der Waals surface area contributed by atoms with Gasteiger partial charge in [0, 0.05) is 21.4 Å². The van der Waals surface area contributed by atoms with Gasteiger partial charge in [0.2, 0.25) is 5.91 Å². The SMILES string of the molecule is COc1ccc(Cl)cc1NC(=O)C/C(C)=N/NC(=O)C(=O)Nc1ccc(C)c(Cl)c1. The highest BCUT2D eigenvalue weighted by molar-refractivity contribution is 6.40. The Labute approximate surface area is 183 Å². The molecule has 0 bridgehead atoms. The van der Waals surface area contributed by atoms with Crippen LogP contribution in [0.4, 0.5) is 11.4 Å². The van der Waals surface area contributed by atoms with E-state index in [0.29, 0.717) is 27.2 Å². The molecule has 2 aromatic rings. The van der Waals surface area contributed by atoms with Gasteiger partial charge >= 0.3 is 11.8 Å². The Morgan fingerprint density at radius 3 is 2.43 bits per heavy atom. The van der Waals surface area contributed by atoms with Crippen molar-refractivity contribution < 1.29 is 19.1 Å². The Morgan fingerprint density at radius 1 is 1.03 bits per heavy atom. The molecule has 3 N–H and O–H groups in total. The summed E-state index contributed by atoms with van der Waals surface area (Å²) in [6.45, 7) is 3.35. The van der Waals surface area contributed by atoms with Gasteiger partial charge in [-0.15, -0.1) is 0 Å². The van der Waals surface area contributed by atoms with Crippen LogP contribution in [0.5, 0.6) is 5.75 Å². The second-order valence-corrected chi connectivity index (χ2v) is 7.12. The van der Waals surface area contributed by atoms with E-state index in [1.165, 1.54) is 20.1 Å². The van der Waals surface area contributed by atoms with Gasteiger partial charge in [-0.3, -0.25) is 14.4 Å². The normalized spacial score (nSPS) is 10.9. The predicted molar refractivity (Wildman–Crippen MR) is 117 cm³/mol. The summed E-state index contributed by atoms with van der Waals surface area (Å²) in [4.78, 5) is 36.0. The number of nitrogens with one attached hydrogen (secondary N) is 3. The van der Waals surface area contributed by atoms with Crippen molar-refractivity contribution in [3.05, 3.63) is 52.0 Å².